The lowest BCUT2D eigenvalue weighted by Gasteiger charge is -2.23. The maximum absolute atomic E-state index is 12.0. The number of amides is 1. The van der Waals surface area contributed by atoms with Crippen LogP contribution in [0.5, 0.6) is 11.5 Å². The summed E-state index contributed by atoms with van der Waals surface area (Å²) in [6, 6.07) is 6.04. The Labute approximate surface area is 126 Å². The van der Waals surface area contributed by atoms with E-state index < -0.39 is 0 Å². The van der Waals surface area contributed by atoms with Gasteiger partial charge in [-0.15, -0.1) is 0 Å². The summed E-state index contributed by atoms with van der Waals surface area (Å²) in [4.78, 5) is 12.0. The number of carbonyl (C=O) groups is 1. The number of methoxy groups -OCH3 is 2. The van der Waals surface area contributed by atoms with Crippen molar-refractivity contribution in [1.82, 2.24) is 10.6 Å². The average Bonchev–Trinajstić information content (AvgIpc) is 2.53. The largest absolute Gasteiger partial charge is 0.493 e. The van der Waals surface area contributed by atoms with Crippen molar-refractivity contribution in [2.24, 2.45) is 0 Å². The molecular weight excluding hydrogens is 268 g/mol. The van der Waals surface area contributed by atoms with Crippen LogP contribution in [0.1, 0.15) is 24.8 Å². The summed E-state index contributed by atoms with van der Waals surface area (Å²) < 4.78 is 10.5. The van der Waals surface area contributed by atoms with Crippen LogP contribution < -0.4 is 20.1 Å². The minimum atomic E-state index is 0.110. The molecule has 2 rings (SSSR count). The summed E-state index contributed by atoms with van der Waals surface area (Å²) in [5.74, 6) is 1.52. The fourth-order valence-electron chi connectivity index (χ4n) is 2.57. The highest BCUT2D eigenvalue weighted by atomic mass is 16.5. The number of aryl methyl sites for hydroxylation is 1. The lowest BCUT2D eigenvalue weighted by atomic mass is 10.1. The minimum Gasteiger partial charge on any atom is -0.493 e. The second-order valence-corrected chi connectivity index (χ2v) is 5.30. The zero-order valence-electron chi connectivity index (χ0n) is 12.8. The number of piperidine rings is 1. The van der Waals surface area contributed by atoms with Crippen molar-refractivity contribution in [3.63, 3.8) is 0 Å². The van der Waals surface area contributed by atoms with Gasteiger partial charge in [0.2, 0.25) is 5.91 Å². The summed E-state index contributed by atoms with van der Waals surface area (Å²) in [5, 5.41) is 6.38. The number of ether oxygens (including phenoxy) is 2. The van der Waals surface area contributed by atoms with Crippen molar-refractivity contribution < 1.29 is 14.3 Å². The molecule has 0 radical (unpaired) electrons. The first kappa shape index (κ1) is 15.6. The van der Waals surface area contributed by atoms with Crippen LogP contribution in [0.25, 0.3) is 0 Å². The molecule has 1 aromatic carbocycles. The Morgan fingerprint density at radius 2 is 2.14 bits per heavy atom. The van der Waals surface area contributed by atoms with Crippen molar-refractivity contribution in [3.8, 4) is 11.5 Å². The minimum absolute atomic E-state index is 0.110. The lowest BCUT2D eigenvalue weighted by Crippen LogP contribution is -2.45. The van der Waals surface area contributed by atoms with Gasteiger partial charge in [0.05, 0.1) is 14.2 Å². The van der Waals surface area contributed by atoms with Crippen LogP contribution in [0.2, 0.25) is 0 Å². The van der Waals surface area contributed by atoms with Crippen LogP contribution in [0, 0.1) is 0 Å². The van der Waals surface area contributed by atoms with E-state index in [4.69, 9.17) is 9.47 Å². The molecule has 1 aromatic rings. The molecular formula is C16H24N2O3. The molecule has 0 spiro atoms. The monoisotopic (exact) mass is 292 g/mol. The Morgan fingerprint density at radius 1 is 1.33 bits per heavy atom. The van der Waals surface area contributed by atoms with E-state index in [1.807, 2.05) is 18.2 Å². The van der Waals surface area contributed by atoms with Gasteiger partial charge in [0, 0.05) is 19.0 Å². The fraction of sp³-hybridized carbons (Fsp3) is 0.562. The summed E-state index contributed by atoms with van der Waals surface area (Å²) in [6.07, 6.45) is 3.38. The van der Waals surface area contributed by atoms with Gasteiger partial charge in [-0.1, -0.05) is 6.07 Å². The highest BCUT2D eigenvalue weighted by molar-refractivity contribution is 5.76. The van der Waals surface area contributed by atoms with Crippen molar-refractivity contribution in [1.29, 1.82) is 0 Å². The van der Waals surface area contributed by atoms with Crippen LogP contribution in [0.3, 0.4) is 0 Å². The summed E-state index contributed by atoms with van der Waals surface area (Å²) in [7, 11) is 3.23. The number of hydrogen-bond donors (Lipinski definition) is 2. The quantitative estimate of drug-likeness (QED) is 0.834. The van der Waals surface area contributed by atoms with Gasteiger partial charge < -0.3 is 20.1 Å². The molecule has 0 aromatic heterocycles. The normalized spacial score (nSPS) is 18.1. The first-order valence-corrected chi connectivity index (χ1v) is 7.44. The van der Waals surface area contributed by atoms with E-state index in [1.165, 1.54) is 0 Å². The molecule has 1 unspecified atom stereocenters. The number of nitrogens with one attached hydrogen (secondary N) is 2. The predicted molar refractivity (Wildman–Crippen MR) is 81.9 cm³/mol. The molecule has 0 saturated carbocycles. The van der Waals surface area contributed by atoms with E-state index in [2.05, 4.69) is 10.6 Å². The van der Waals surface area contributed by atoms with Gasteiger partial charge in [-0.3, -0.25) is 4.79 Å². The Kier molecular flexibility index (Phi) is 5.87. The molecule has 1 saturated heterocycles. The third-order valence-electron chi connectivity index (χ3n) is 3.75. The van der Waals surface area contributed by atoms with Crippen LogP contribution in [-0.2, 0) is 11.2 Å². The third-order valence-corrected chi connectivity index (χ3v) is 3.75. The molecule has 5 nitrogen and oxygen atoms in total. The Balaban J connectivity index is 1.83. The van der Waals surface area contributed by atoms with E-state index in [0.717, 1.165) is 31.5 Å². The summed E-state index contributed by atoms with van der Waals surface area (Å²) in [6.45, 7) is 1.93. The fourth-order valence-corrected chi connectivity index (χ4v) is 2.57. The summed E-state index contributed by atoms with van der Waals surface area (Å²) >= 11 is 0. The van der Waals surface area contributed by atoms with Crippen molar-refractivity contribution in [2.75, 3.05) is 27.3 Å². The van der Waals surface area contributed by atoms with Gasteiger partial charge in [-0.05, 0) is 43.5 Å². The van der Waals surface area contributed by atoms with Crippen LogP contribution in [-0.4, -0.2) is 39.3 Å². The molecule has 2 N–H and O–H groups in total. The SMILES string of the molecule is COc1ccc(CCC(=O)NC2CCCNC2)cc1OC. The topological polar surface area (TPSA) is 59.6 Å². The van der Waals surface area contributed by atoms with E-state index in [0.29, 0.717) is 24.3 Å². The number of hydrogen-bond acceptors (Lipinski definition) is 4. The molecule has 1 heterocycles. The number of carbonyl (C=O) groups excluding carboxylic acids is 1. The maximum Gasteiger partial charge on any atom is 0.220 e. The first-order chi connectivity index (χ1) is 10.2. The molecule has 1 aliphatic heterocycles. The van der Waals surface area contributed by atoms with Gasteiger partial charge >= 0.3 is 0 Å². The highest BCUT2D eigenvalue weighted by Gasteiger charge is 2.15. The number of benzene rings is 1. The van der Waals surface area contributed by atoms with E-state index in [1.54, 1.807) is 14.2 Å². The molecule has 1 aliphatic rings. The zero-order valence-corrected chi connectivity index (χ0v) is 12.8. The smallest absolute Gasteiger partial charge is 0.220 e. The molecule has 0 aliphatic carbocycles. The van der Waals surface area contributed by atoms with Crippen molar-refractivity contribution in [3.05, 3.63) is 23.8 Å². The van der Waals surface area contributed by atoms with Crippen LogP contribution in [0.15, 0.2) is 18.2 Å². The van der Waals surface area contributed by atoms with Gasteiger partial charge in [0.1, 0.15) is 0 Å². The second-order valence-electron chi connectivity index (χ2n) is 5.30. The Hall–Kier alpha value is -1.75. The standard InChI is InChI=1S/C16H24N2O3/c1-20-14-7-5-12(10-15(14)21-2)6-8-16(19)18-13-4-3-9-17-11-13/h5,7,10,13,17H,3-4,6,8-9,11H2,1-2H3,(H,18,19). The average molecular weight is 292 g/mol. The third kappa shape index (κ3) is 4.63. The van der Waals surface area contributed by atoms with Crippen molar-refractivity contribution >= 4 is 5.91 Å². The van der Waals surface area contributed by atoms with Gasteiger partial charge in [0.25, 0.3) is 0 Å². The zero-order chi connectivity index (χ0) is 15.1. The molecule has 5 heteroatoms. The predicted octanol–water partition coefficient (Wildman–Crippen LogP) is 1.50. The molecule has 1 amide bonds. The van der Waals surface area contributed by atoms with Gasteiger partial charge in [-0.2, -0.15) is 0 Å². The van der Waals surface area contributed by atoms with Gasteiger partial charge in [-0.25, -0.2) is 0 Å². The highest BCUT2D eigenvalue weighted by Crippen LogP contribution is 2.27. The van der Waals surface area contributed by atoms with Crippen molar-refractivity contribution in [2.45, 2.75) is 31.7 Å². The summed E-state index contributed by atoms with van der Waals surface area (Å²) in [5.41, 5.74) is 1.07. The van der Waals surface area contributed by atoms with Crippen LogP contribution in [0.4, 0.5) is 0 Å². The van der Waals surface area contributed by atoms with E-state index in [-0.39, 0.29) is 11.9 Å². The Morgan fingerprint density at radius 3 is 2.81 bits per heavy atom. The Bertz CT molecular complexity index is 471. The molecule has 1 atom stereocenters. The van der Waals surface area contributed by atoms with E-state index in [9.17, 15) is 4.79 Å². The molecule has 116 valence electrons. The lowest BCUT2D eigenvalue weighted by molar-refractivity contribution is -0.121. The number of rotatable bonds is 6. The first-order valence-electron chi connectivity index (χ1n) is 7.44. The van der Waals surface area contributed by atoms with Gasteiger partial charge in [0.15, 0.2) is 11.5 Å². The second kappa shape index (κ2) is 7.88. The molecule has 0 bridgehead atoms. The van der Waals surface area contributed by atoms with Crippen LogP contribution >= 0.6 is 0 Å². The molecule has 1 fully saturated rings. The maximum atomic E-state index is 12.0. The molecule has 21 heavy (non-hydrogen) atoms. The van der Waals surface area contributed by atoms with E-state index >= 15 is 0 Å².